The third kappa shape index (κ3) is 4.94. The predicted molar refractivity (Wildman–Crippen MR) is 86.2 cm³/mol. The first-order valence-corrected chi connectivity index (χ1v) is 7.54. The average Bonchev–Trinajstić information content (AvgIpc) is 3.09. The molecule has 2 rings (SSSR count). The lowest BCUT2D eigenvalue weighted by Crippen LogP contribution is -2.21. The number of halogens is 3. The molecule has 1 atom stereocenters. The number of furan rings is 1. The summed E-state index contributed by atoms with van der Waals surface area (Å²) in [5, 5.41) is 34.2. The number of alkyl halides is 3. The molecule has 146 valence electrons. The molecule has 0 aliphatic rings. The summed E-state index contributed by atoms with van der Waals surface area (Å²) >= 11 is 0. The Morgan fingerprint density at radius 3 is 2.19 bits per heavy atom. The van der Waals surface area contributed by atoms with E-state index in [9.17, 15) is 38.5 Å². The maximum atomic E-state index is 12.9. The van der Waals surface area contributed by atoms with E-state index >= 15 is 0 Å². The van der Waals surface area contributed by atoms with Crippen LogP contribution in [0.2, 0.25) is 0 Å². The van der Waals surface area contributed by atoms with Crippen molar-refractivity contribution < 1.29 is 32.5 Å². The molecule has 0 spiro atoms. The summed E-state index contributed by atoms with van der Waals surface area (Å²) in [6.07, 6.45) is -3.36. The van der Waals surface area contributed by atoms with Crippen LogP contribution in [0.25, 0.3) is 0 Å². The van der Waals surface area contributed by atoms with Gasteiger partial charge in [-0.15, -0.1) is 0 Å². The largest absolute Gasteiger partial charge is 0.469 e. The summed E-state index contributed by atoms with van der Waals surface area (Å²) in [5.74, 6) is -0.0371. The number of hydrogen-bond donors (Lipinski definition) is 2. The van der Waals surface area contributed by atoms with E-state index in [1.165, 1.54) is 6.26 Å². The van der Waals surface area contributed by atoms with Crippen LogP contribution in [0, 0.1) is 26.1 Å². The third-order valence-corrected chi connectivity index (χ3v) is 3.71. The van der Waals surface area contributed by atoms with E-state index < -0.39 is 44.6 Å². The fraction of sp³-hybridized carbons (Fsp3) is 0.333. The van der Waals surface area contributed by atoms with Gasteiger partial charge in [0.2, 0.25) is 0 Å². The molecular formula is C15H14F3N3O6. The van der Waals surface area contributed by atoms with Crippen molar-refractivity contribution in [1.29, 1.82) is 0 Å². The van der Waals surface area contributed by atoms with Gasteiger partial charge in [0.25, 0.3) is 11.4 Å². The zero-order valence-corrected chi connectivity index (χ0v) is 13.6. The van der Waals surface area contributed by atoms with Crippen molar-refractivity contribution in [2.45, 2.75) is 12.6 Å². The second-order valence-corrected chi connectivity index (χ2v) is 5.61. The van der Waals surface area contributed by atoms with E-state index in [0.29, 0.717) is 5.76 Å². The van der Waals surface area contributed by atoms with E-state index in [1.54, 1.807) is 12.1 Å². The molecule has 0 fully saturated rings. The summed E-state index contributed by atoms with van der Waals surface area (Å²) in [5.41, 5.74) is -4.31. The van der Waals surface area contributed by atoms with Crippen molar-refractivity contribution in [3.8, 4) is 0 Å². The van der Waals surface area contributed by atoms with Crippen molar-refractivity contribution in [2.75, 3.05) is 18.5 Å². The fourth-order valence-electron chi connectivity index (χ4n) is 2.41. The molecular weight excluding hydrogens is 375 g/mol. The van der Waals surface area contributed by atoms with Crippen LogP contribution >= 0.6 is 0 Å². The van der Waals surface area contributed by atoms with E-state index in [0.717, 1.165) is 0 Å². The summed E-state index contributed by atoms with van der Waals surface area (Å²) in [7, 11) is 0. The predicted octanol–water partition coefficient (Wildman–Crippen LogP) is 3.38. The van der Waals surface area contributed by atoms with Gasteiger partial charge in [-0.25, -0.2) is 0 Å². The van der Waals surface area contributed by atoms with Crippen molar-refractivity contribution in [2.24, 2.45) is 5.92 Å². The quantitative estimate of drug-likeness (QED) is 0.522. The number of aliphatic hydroxyl groups excluding tert-OH is 1. The molecule has 0 saturated heterocycles. The Bertz CT molecular complexity index is 788. The van der Waals surface area contributed by atoms with Crippen LogP contribution in [-0.4, -0.2) is 28.1 Å². The van der Waals surface area contributed by atoms with Crippen molar-refractivity contribution >= 4 is 17.1 Å². The molecule has 1 aromatic carbocycles. The number of nitro benzene ring substituents is 2. The van der Waals surface area contributed by atoms with E-state index in [1.807, 2.05) is 0 Å². The molecule has 0 unspecified atom stereocenters. The van der Waals surface area contributed by atoms with Crippen molar-refractivity contribution in [3.05, 3.63) is 62.1 Å². The number of anilines is 1. The Balaban J connectivity index is 2.35. The van der Waals surface area contributed by atoms with Crippen LogP contribution in [0.1, 0.15) is 11.3 Å². The second-order valence-electron chi connectivity index (χ2n) is 5.61. The van der Waals surface area contributed by atoms with Crippen LogP contribution in [0.4, 0.5) is 30.2 Å². The molecule has 2 N–H and O–H groups in total. The van der Waals surface area contributed by atoms with Crippen LogP contribution in [0.5, 0.6) is 0 Å². The summed E-state index contributed by atoms with van der Waals surface area (Å²) in [6.45, 7) is -0.541. The molecule has 0 amide bonds. The lowest BCUT2D eigenvalue weighted by Gasteiger charge is -2.16. The van der Waals surface area contributed by atoms with Gasteiger partial charge in [-0.2, -0.15) is 13.2 Å². The van der Waals surface area contributed by atoms with Gasteiger partial charge in [0, 0.05) is 37.6 Å². The Morgan fingerprint density at radius 1 is 1.19 bits per heavy atom. The summed E-state index contributed by atoms with van der Waals surface area (Å²) in [4.78, 5) is 20.0. The van der Waals surface area contributed by atoms with Crippen LogP contribution < -0.4 is 5.32 Å². The van der Waals surface area contributed by atoms with Crippen LogP contribution in [-0.2, 0) is 12.6 Å². The van der Waals surface area contributed by atoms with Gasteiger partial charge in [-0.3, -0.25) is 20.2 Å². The number of nitrogens with one attached hydrogen (secondary N) is 1. The lowest BCUT2D eigenvalue weighted by atomic mass is 10.0. The molecule has 1 aromatic heterocycles. The van der Waals surface area contributed by atoms with Gasteiger partial charge in [0.15, 0.2) is 5.69 Å². The fourth-order valence-corrected chi connectivity index (χ4v) is 2.41. The minimum atomic E-state index is -4.99. The van der Waals surface area contributed by atoms with Crippen molar-refractivity contribution in [1.82, 2.24) is 0 Å². The van der Waals surface area contributed by atoms with E-state index in [4.69, 9.17) is 4.42 Å². The number of nitrogens with zero attached hydrogens (tertiary/aromatic N) is 2. The topological polar surface area (TPSA) is 132 Å². The Hall–Kier alpha value is -3.15. The molecule has 0 aliphatic carbocycles. The summed E-state index contributed by atoms with van der Waals surface area (Å²) in [6, 6.07) is 3.71. The molecule has 27 heavy (non-hydrogen) atoms. The molecule has 2 aromatic rings. The molecule has 0 aliphatic heterocycles. The molecule has 12 heteroatoms. The number of benzene rings is 1. The number of hydrogen-bond acceptors (Lipinski definition) is 7. The smallest absolute Gasteiger partial charge is 0.416 e. The van der Waals surface area contributed by atoms with Gasteiger partial charge in [0.1, 0.15) is 5.76 Å². The monoisotopic (exact) mass is 389 g/mol. The maximum absolute atomic E-state index is 12.9. The highest BCUT2D eigenvalue weighted by atomic mass is 19.4. The number of rotatable bonds is 8. The SMILES string of the molecule is O=[N+]([O-])c1cc(C(F)(F)F)cc([N+](=O)[O-])c1NC[C@@H](CO)Cc1ccco1. The highest BCUT2D eigenvalue weighted by Crippen LogP contribution is 2.41. The maximum Gasteiger partial charge on any atom is 0.416 e. The zero-order valence-electron chi connectivity index (χ0n) is 13.6. The third-order valence-electron chi connectivity index (χ3n) is 3.71. The molecule has 1 heterocycles. The molecule has 9 nitrogen and oxygen atoms in total. The van der Waals surface area contributed by atoms with E-state index in [-0.39, 0.29) is 31.7 Å². The highest BCUT2D eigenvalue weighted by Gasteiger charge is 2.37. The van der Waals surface area contributed by atoms with Gasteiger partial charge in [-0.05, 0) is 12.1 Å². The average molecular weight is 389 g/mol. The standard InChI is InChI=1S/C15H14F3N3O6/c16-15(17,18)10-5-12(20(23)24)14(13(6-10)21(25)26)19-7-9(8-22)4-11-2-1-3-27-11/h1-3,5-6,9,19,22H,4,7-8H2/t9-/m0/s1. The summed E-state index contributed by atoms with van der Waals surface area (Å²) < 4.78 is 43.7. The Morgan fingerprint density at radius 2 is 1.78 bits per heavy atom. The van der Waals surface area contributed by atoms with E-state index in [2.05, 4.69) is 5.32 Å². The van der Waals surface area contributed by atoms with Crippen molar-refractivity contribution in [3.63, 3.8) is 0 Å². The molecule has 0 bridgehead atoms. The highest BCUT2D eigenvalue weighted by molar-refractivity contribution is 5.75. The first-order valence-electron chi connectivity index (χ1n) is 7.54. The van der Waals surface area contributed by atoms with Gasteiger partial charge >= 0.3 is 6.18 Å². The second kappa shape index (κ2) is 8.03. The van der Waals surface area contributed by atoms with Gasteiger partial charge in [0.05, 0.1) is 21.7 Å². The zero-order chi connectivity index (χ0) is 20.2. The minimum absolute atomic E-state index is 0.162. The molecule has 0 saturated carbocycles. The first kappa shape index (κ1) is 20.2. The van der Waals surface area contributed by atoms with Gasteiger partial charge in [-0.1, -0.05) is 0 Å². The minimum Gasteiger partial charge on any atom is -0.469 e. The normalized spacial score (nSPS) is 12.6. The lowest BCUT2D eigenvalue weighted by molar-refractivity contribution is -0.392. The van der Waals surface area contributed by atoms with Crippen LogP contribution in [0.15, 0.2) is 34.9 Å². The van der Waals surface area contributed by atoms with Crippen LogP contribution in [0.3, 0.4) is 0 Å². The van der Waals surface area contributed by atoms with Gasteiger partial charge < -0.3 is 14.8 Å². The molecule has 0 radical (unpaired) electrons. The first-order chi connectivity index (χ1) is 12.6. The number of nitro groups is 2. The number of aliphatic hydroxyl groups is 1. The Labute approximate surface area is 149 Å². The Kier molecular flexibility index (Phi) is 6.00.